The highest BCUT2D eigenvalue weighted by atomic mass is 79.9. The number of benzene rings is 2. The van der Waals surface area contributed by atoms with Gasteiger partial charge in [0.2, 0.25) is 17.6 Å². The van der Waals surface area contributed by atoms with Gasteiger partial charge in [-0.1, -0.05) is 39.8 Å². The molecule has 1 aliphatic heterocycles. The summed E-state index contributed by atoms with van der Waals surface area (Å²) in [6.07, 6.45) is 2.72. The highest BCUT2D eigenvalue weighted by Gasteiger charge is 2.28. The molecule has 1 fully saturated rings. The van der Waals surface area contributed by atoms with Crippen LogP contribution in [0.15, 0.2) is 70.2 Å². The first-order valence-corrected chi connectivity index (χ1v) is 10.8. The Morgan fingerprint density at radius 3 is 2.52 bits per heavy atom. The standard InChI is InChI=1S/C23H21BrN4O3/c1-2-20(29)25-17-9-7-16(8-10-17)23(30)28-13-11-15(12-14-28)22-26-21(27-31-22)18-5-3-4-6-19(18)24/h2-10,15H,1,11-14H2,(H,25,29). The molecule has 1 saturated heterocycles. The zero-order valence-electron chi connectivity index (χ0n) is 16.8. The van der Waals surface area contributed by atoms with Gasteiger partial charge in [-0.25, -0.2) is 0 Å². The molecule has 31 heavy (non-hydrogen) atoms. The van der Waals surface area contributed by atoms with E-state index in [0.717, 1.165) is 22.9 Å². The molecule has 0 saturated carbocycles. The summed E-state index contributed by atoms with van der Waals surface area (Å²) in [5.41, 5.74) is 2.10. The second kappa shape index (κ2) is 9.26. The molecule has 0 atom stereocenters. The van der Waals surface area contributed by atoms with Gasteiger partial charge < -0.3 is 14.7 Å². The molecule has 3 aromatic rings. The molecule has 0 radical (unpaired) electrons. The smallest absolute Gasteiger partial charge is 0.253 e. The Bertz CT molecular complexity index is 1100. The van der Waals surface area contributed by atoms with Crippen molar-refractivity contribution in [1.29, 1.82) is 0 Å². The number of halogens is 1. The number of rotatable bonds is 5. The van der Waals surface area contributed by atoms with Gasteiger partial charge in [0.15, 0.2) is 0 Å². The highest BCUT2D eigenvalue weighted by molar-refractivity contribution is 9.10. The van der Waals surface area contributed by atoms with E-state index in [1.807, 2.05) is 29.2 Å². The summed E-state index contributed by atoms with van der Waals surface area (Å²) >= 11 is 3.51. The van der Waals surface area contributed by atoms with Gasteiger partial charge in [0.05, 0.1) is 0 Å². The minimum Gasteiger partial charge on any atom is -0.339 e. The first-order chi connectivity index (χ1) is 15.0. The molecule has 1 N–H and O–H groups in total. The van der Waals surface area contributed by atoms with E-state index in [9.17, 15) is 9.59 Å². The Morgan fingerprint density at radius 2 is 1.84 bits per heavy atom. The zero-order valence-corrected chi connectivity index (χ0v) is 18.3. The Hall–Kier alpha value is -3.26. The van der Waals surface area contributed by atoms with Crippen LogP contribution in [-0.2, 0) is 4.79 Å². The van der Waals surface area contributed by atoms with Crippen LogP contribution in [0, 0.1) is 0 Å². The summed E-state index contributed by atoms with van der Waals surface area (Å²) in [7, 11) is 0. The van der Waals surface area contributed by atoms with Gasteiger partial charge in [-0.05, 0) is 55.3 Å². The minimum atomic E-state index is -0.287. The van der Waals surface area contributed by atoms with E-state index < -0.39 is 0 Å². The molecule has 0 spiro atoms. The lowest BCUT2D eigenvalue weighted by atomic mass is 9.96. The van der Waals surface area contributed by atoms with Gasteiger partial charge in [-0.3, -0.25) is 9.59 Å². The minimum absolute atomic E-state index is 0.0283. The Balaban J connectivity index is 1.36. The van der Waals surface area contributed by atoms with Crippen molar-refractivity contribution < 1.29 is 14.1 Å². The van der Waals surface area contributed by atoms with Crippen LogP contribution >= 0.6 is 15.9 Å². The van der Waals surface area contributed by atoms with Crippen LogP contribution in [-0.4, -0.2) is 39.9 Å². The number of hydrogen-bond donors (Lipinski definition) is 1. The van der Waals surface area contributed by atoms with Gasteiger partial charge >= 0.3 is 0 Å². The lowest BCUT2D eigenvalue weighted by Crippen LogP contribution is -2.38. The summed E-state index contributed by atoms with van der Waals surface area (Å²) in [5.74, 6) is 0.985. The maximum absolute atomic E-state index is 12.8. The first kappa shape index (κ1) is 21.0. The fourth-order valence-electron chi connectivity index (χ4n) is 3.55. The number of hydrogen-bond acceptors (Lipinski definition) is 5. The van der Waals surface area contributed by atoms with Crippen molar-refractivity contribution >= 4 is 33.4 Å². The van der Waals surface area contributed by atoms with Crippen molar-refractivity contribution in [3.8, 4) is 11.4 Å². The number of likely N-dealkylation sites (tertiary alicyclic amines) is 1. The molecule has 2 amide bonds. The van der Waals surface area contributed by atoms with Crippen molar-refractivity contribution in [2.45, 2.75) is 18.8 Å². The Morgan fingerprint density at radius 1 is 1.13 bits per heavy atom. The van der Waals surface area contributed by atoms with Crippen LogP contribution in [0.25, 0.3) is 11.4 Å². The number of carbonyl (C=O) groups is 2. The summed E-state index contributed by atoms with van der Waals surface area (Å²) < 4.78 is 6.44. The summed E-state index contributed by atoms with van der Waals surface area (Å²) in [5, 5.41) is 6.80. The van der Waals surface area contributed by atoms with Crippen LogP contribution in [0.1, 0.15) is 35.0 Å². The van der Waals surface area contributed by atoms with Crippen LogP contribution in [0.3, 0.4) is 0 Å². The average molecular weight is 481 g/mol. The Labute approximate surface area is 188 Å². The fraction of sp³-hybridized carbons (Fsp3) is 0.217. The molecular weight excluding hydrogens is 460 g/mol. The largest absolute Gasteiger partial charge is 0.339 e. The van der Waals surface area contributed by atoms with Crippen molar-refractivity contribution in [2.75, 3.05) is 18.4 Å². The quantitative estimate of drug-likeness (QED) is 0.537. The summed E-state index contributed by atoms with van der Waals surface area (Å²) in [6, 6.07) is 14.6. The third kappa shape index (κ3) is 4.74. The maximum atomic E-state index is 12.8. The molecule has 2 heterocycles. The number of nitrogens with zero attached hydrogens (tertiary/aromatic N) is 3. The number of nitrogens with one attached hydrogen (secondary N) is 1. The van der Waals surface area contributed by atoms with E-state index in [1.54, 1.807) is 24.3 Å². The predicted octanol–water partition coefficient (Wildman–Crippen LogP) is 4.64. The van der Waals surface area contributed by atoms with Crippen molar-refractivity contribution in [3.63, 3.8) is 0 Å². The second-order valence-corrected chi connectivity index (χ2v) is 8.13. The van der Waals surface area contributed by atoms with Gasteiger partial charge in [-0.2, -0.15) is 4.98 Å². The molecule has 4 rings (SSSR count). The molecule has 1 aromatic heterocycles. The molecule has 0 bridgehead atoms. The van der Waals surface area contributed by atoms with E-state index in [2.05, 4.69) is 38.0 Å². The van der Waals surface area contributed by atoms with Crippen LogP contribution < -0.4 is 5.32 Å². The van der Waals surface area contributed by atoms with E-state index in [4.69, 9.17) is 4.52 Å². The lowest BCUT2D eigenvalue weighted by Gasteiger charge is -2.30. The molecule has 8 heteroatoms. The van der Waals surface area contributed by atoms with Gasteiger partial charge in [0, 0.05) is 40.3 Å². The van der Waals surface area contributed by atoms with Crippen LogP contribution in [0.2, 0.25) is 0 Å². The predicted molar refractivity (Wildman–Crippen MR) is 121 cm³/mol. The third-order valence-electron chi connectivity index (χ3n) is 5.27. The number of amides is 2. The highest BCUT2D eigenvalue weighted by Crippen LogP contribution is 2.31. The fourth-order valence-corrected chi connectivity index (χ4v) is 4.02. The molecule has 158 valence electrons. The second-order valence-electron chi connectivity index (χ2n) is 7.27. The molecule has 2 aromatic carbocycles. The van der Waals surface area contributed by atoms with E-state index >= 15 is 0 Å². The van der Waals surface area contributed by atoms with E-state index in [0.29, 0.717) is 36.1 Å². The van der Waals surface area contributed by atoms with Crippen molar-refractivity contribution in [2.24, 2.45) is 0 Å². The van der Waals surface area contributed by atoms with Crippen molar-refractivity contribution in [1.82, 2.24) is 15.0 Å². The normalized spacial score (nSPS) is 14.3. The van der Waals surface area contributed by atoms with Gasteiger partial charge in [0.1, 0.15) is 0 Å². The monoisotopic (exact) mass is 480 g/mol. The van der Waals surface area contributed by atoms with Gasteiger partial charge in [-0.15, -0.1) is 0 Å². The summed E-state index contributed by atoms with van der Waals surface area (Å²) in [6.45, 7) is 4.65. The Kier molecular flexibility index (Phi) is 6.27. The maximum Gasteiger partial charge on any atom is 0.253 e. The average Bonchev–Trinajstić information content (AvgIpc) is 3.29. The topological polar surface area (TPSA) is 88.3 Å². The molecular formula is C23H21BrN4O3. The number of aromatic nitrogens is 2. The first-order valence-electron chi connectivity index (χ1n) is 9.96. The molecule has 1 aliphatic rings. The van der Waals surface area contributed by atoms with Gasteiger partial charge in [0.25, 0.3) is 5.91 Å². The summed E-state index contributed by atoms with van der Waals surface area (Å²) in [4.78, 5) is 30.6. The van der Waals surface area contributed by atoms with Crippen molar-refractivity contribution in [3.05, 3.63) is 77.1 Å². The third-order valence-corrected chi connectivity index (χ3v) is 5.96. The van der Waals surface area contributed by atoms with E-state index in [1.165, 1.54) is 6.08 Å². The zero-order chi connectivity index (χ0) is 21.8. The number of carbonyl (C=O) groups excluding carboxylic acids is 2. The molecule has 7 nitrogen and oxygen atoms in total. The molecule has 0 unspecified atom stereocenters. The number of piperidine rings is 1. The SMILES string of the molecule is C=CC(=O)Nc1ccc(C(=O)N2CCC(c3nc(-c4ccccc4Br)no3)CC2)cc1. The molecule has 0 aliphatic carbocycles. The lowest BCUT2D eigenvalue weighted by molar-refractivity contribution is -0.111. The van der Waals surface area contributed by atoms with Crippen LogP contribution in [0.5, 0.6) is 0 Å². The van der Waals surface area contributed by atoms with E-state index in [-0.39, 0.29) is 17.7 Å². The number of anilines is 1. The van der Waals surface area contributed by atoms with Crippen LogP contribution in [0.4, 0.5) is 5.69 Å².